The summed E-state index contributed by atoms with van der Waals surface area (Å²) in [6.07, 6.45) is 5.88. The van der Waals surface area contributed by atoms with E-state index in [9.17, 15) is 9.59 Å². The minimum Gasteiger partial charge on any atom is -0.493 e. The van der Waals surface area contributed by atoms with E-state index in [1.807, 2.05) is 53.4 Å². The summed E-state index contributed by atoms with van der Waals surface area (Å²) >= 11 is 1.70. The molecule has 1 aromatic heterocycles. The van der Waals surface area contributed by atoms with Crippen LogP contribution >= 0.6 is 11.3 Å². The van der Waals surface area contributed by atoms with Crippen molar-refractivity contribution in [2.24, 2.45) is 0 Å². The highest BCUT2D eigenvalue weighted by molar-refractivity contribution is 7.11. The number of hydrogen-bond acceptors (Lipinski definition) is 5. The Bertz CT molecular complexity index is 1240. The first kappa shape index (κ1) is 29.5. The van der Waals surface area contributed by atoms with Crippen LogP contribution in [0.15, 0.2) is 60.7 Å². The van der Waals surface area contributed by atoms with Crippen LogP contribution in [0.1, 0.15) is 53.0 Å². The molecule has 1 saturated carbocycles. The van der Waals surface area contributed by atoms with Crippen molar-refractivity contribution < 1.29 is 19.1 Å². The lowest BCUT2D eigenvalue weighted by atomic mass is 9.94. The van der Waals surface area contributed by atoms with E-state index in [1.54, 1.807) is 30.5 Å². The van der Waals surface area contributed by atoms with Crippen molar-refractivity contribution in [3.8, 4) is 11.5 Å². The standard InChI is InChI=1S/C32H41N3O4S/c1-24-14-16-28(40-24)22-34(19-18-25-15-17-29(38-2)30(20-25)39-3)31(36)23-35(27-12-8-5-9-13-27)32(37)33-21-26-10-6-4-7-11-26/h4,6-7,10-11,14-17,20,27H,5,8-9,12-13,18-19,21-23H2,1-3H3,(H,33,37). The van der Waals surface area contributed by atoms with Crippen molar-refractivity contribution in [3.05, 3.63) is 81.5 Å². The summed E-state index contributed by atoms with van der Waals surface area (Å²) in [5.74, 6) is 1.31. The molecule has 1 aliphatic rings. The van der Waals surface area contributed by atoms with Crippen LogP contribution in [0, 0.1) is 6.92 Å². The maximum Gasteiger partial charge on any atom is 0.318 e. The second-order valence-electron chi connectivity index (χ2n) is 10.3. The molecule has 0 radical (unpaired) electrons. The Morgan fingerprint density at radius 3 is 2.35 bits per heavy atom. The summed E-state index contributed by atoms with van der Waals surface area (Å²) in [4.78, 5) is 33.4. The van der Waals surface area contributed by atoms with Crippen LogP contribution in [0.25, 0.3) is 0 Å². The first-order valence-corrected chi connectivity index (χ1v) is 14.9. The van der Waals surface area contributed by atoms with Gasteiger partial charge in [-0.3, -0.25) is 4.79 Å². The lowest BCUT2D eigenvalue weighted by molar-refractivity contribution is -0.133. The average molecular weight is 564 g/mol. The average Bonchev–Trinajstić information content (AvgIpc) is 3.41. The van der Waals surface area contributed by atoms with Gasteiger partial charge in [0.2, 0.25) is 5.91 Å². The summed E-state index contributed by atoms with van der Waals surface area (Å²) in [5, 5.41) is 3.07. The van der Waals surface area contributed by atoms with Crippen molar-refractivity contribution in [2.45, 2.75) is 64.6 Å². The number of rotatable bonds is 12. The fourth-order valence-electron chi connectivity index (χ4n) is 5.23. The van der Waals surface area contributed by atoms with E-state index in [2.05, 4.69) is 24.4 Å². The Morgan fingerprint density at radius 2 is 1.68 bits per heavy atom. The van der Waals surface area contributed by atoms with Gasteiger partial charge in [-0.2, -0.15) is 0 Å². The second kappa shape index (κ2) is 14.7. The van der Waals surface area contributed by atoms with Gasteiger partial charge in [0.1, 0.15) is 6.54 Å². The highest BCUT2D eigenvalue weighted by Gasteiger charge is 2.29. The van der Waals surface area contributed by atoms with E-state index in [1.165, 1.54) is 11.3 Å². The highest BCUT2D eigenvalue weighted by atomic mass is 32.1. The summed E-state index contributed by atoms with van der Waals surface area (Å²) < 4.78 is 10.9. The van der Waals surface area contributed by atoms with E-state index in [-0.39, 0.29) is 24.5 Å². The molecule has 1 fully saturated rings. The normalized spacial score (nSPS) is 13.5. The van der Waals surface area contributed by atoms with Gasteiger partial charge in [0.25, 0.3) is 0 Å². The largest absolute Gasteiger partial charge is 0.493 e. The third-order valence-electron chi connectivity index (χ3n) is 7.48. The predicted molar refractivity (Wildman–Crippen MR) is 160 cm³/mol. The highest BCUT2D eigenvalue weighted by Crippen LogP contribution is 2.28. The number of benzene rings is 2. The minimum atomic E-state index is -0.170. The Morgan fingerprint density at radius 1 is 0.925 bits per heavy atom. The van der Waals surface area contributed by atoms with E-state index in [0.717, 1.165) is 41.7 Å². The van der Waals surface area contributed by atoms with Crippen molar-refractivity contribution >= 4 is 23.3 Å². The lowest BCUT2D eigenvalue weighted by Gasteiger charge is -2.35. The van der Waals surface area contributed by atoms with E-state index < -0.39 is 0 Å². The van der Waals surface area contributed by atoms with Crippen LogP contribution in [-0.4, -0.2) is 55.1 Å². The number of amides is 3. The van der Waals surface area contributed by atoms with E-state index >= 15 is 0 Å². The summed E-state index contributed by atoms with van der Waals surface area (Å²) in [7, 11) is 3.24. The molecule has 0 unspecified atom stereocenters. The molecule has 0 spiro atoms. The van der Waals surface area contributed by atoms with Gasteiger partial charge in [-0.1, -0.05) is 55.7 Å². The number of carbonyl (C=O) groups is 2. The number of nitrogens with zero attached hydrogens (tertiary/aromatic N) is 2. The Balaban J connectivity index is 1.49. The Labute approximate surface area is 242 Å². The monoisotopic (exact) mass is 563 g/mol. The molecule has 7 nitrogen and oxygen atoms in total. The molecule has 3 aromatic rings. The zero-order valence-electron chi connectivity index (χ0n) is 23.9. The van der Waals surface area contributed by atoms with Crippen LogP contribution in [0.4, 0.5) is 4.79 Å². The van der Waals surface area contributed by atoms with E-state index in [4.69, 9.17) is 9.47 Å². The topological polar surface area (TPSA) is 71.1 Å². The Hall–Kier alpha value is -3.52. The number of nitrogens with one attached hydrogen (secondary N) is 1. The van der Waals surface area contributed by atoms with Gasteiger partial charge in [0.05, 0.1) is 20.8 Å². The number of thiophene rings is 1. The molecule has 0 saturated heterocycles. The molecular formula is C32H41N3O4S. The molecular weight excluding hydrogens is 522 g/mol. The number of aryl methyl sites for hydroxylation is 1. The number of hydrogen-bond donors (Lipinski definition) is 1. The summed E-state index contributed by atoms with van der Waals surface area (Å²) in [6.45, 7) is 3.65. The van der Waals surface area contributed by atoms with Crippen LogP contribution < -0.4 is 14.8 Å². The third-order valence-corrected chi connectivity index (χ3v) is 8.47. The van der Waals surface area contributed by atoms with Gasteiger partial charge in [0.15, 0.2) is 11.5 Å². The molecule has 4 rings (SSSR count). The number of ether oxygens (including phenoxy) is 2. The smallest absolute Gasteiger partial charge is 0.318 e. The van der Waals surface area contributed by atoms with Gasteiger partial charge in [-0.25, -0.2) is 4.79 Å². The van der Waals surface area contributed by atoms with Gasteiger partial charge in [-0.05, 0) is 61.6 Å². The van der Waals surface area contributed by atoms with Crippen LogP contribution in [0.3, 0.4) is 0 Å². The van der Waals surface area contributed by atoms with Crippen molar-refractivity contribution in [2.75, 3.05) is 27.3 Å². The summed E-state index contributed by atoms with van der Waals surface area (Å²) in [5.41, 5.74) is 2.10. The molecule has 0 bridgehead atoms. The van der Waals surface area contributed by atoms with E-state index in [0.29, 0.717) is 37.6 Å². The lowest BCUT2D eigenvalue weighted by Crippen LogP contribution is -2.51. The quantitative estimate of drug-likeness (QED) is 0.285. The maximum absolute atomic E-state index is 13.9. The number of urea groups is 1. The minimum absolute atomic E-state index is 0.0352. The van der Waals surface area contributed by atoms with Gasteiger partial charge in [0, 0.05) is 28.9 Å². The molecule has 1 aliphatic carbocycles. The molecule has 2 aromatic carbocycles. The van der Waals surface area contributed by atoms with Crippen molar-refractivity contribution in [1.82, 2.24) is 15.1 Å². The first-order valence-electron chi connectivity index (χ1n) is 14.1. The number of carbonyl (C=O) groups excluding carboxylic acids is 2. The molecule has 40 heavy (non-hydrogen) atoms. The van der Waals surface area contributed by atoms with Gasteiger partial charge < -0.3 is 24.6 Å². The fraction of sp³-hybridized carbons (Fsp3) is 0.438. The van der Waals surface area contributed by atoms with Crippen LogP contribution in [0.5, 0.6) is 11.5 Å². The van der Waals surface area contributed by atoms with Crippen molar-refractivity contribution in [3.63, 3.8) is 0 Å². The SMILES string of the molecule is COc1ccc(CCN(Cc2ccc(C)s2)C(=O)CN(C(=O)NCc2ccccc2)C2CCCCC2)cc1OC. The molecule has 1 N–H and O–H groups in total. The van der Waals surface area contributed by atoms with Gasteiger partial charge in [-0.15, -0.1) is 11.3 Å². The molecule has 1 heterocycles. The fourth-order valence-corrected chi connectivity index (χ4v) is 6.14. The Kier molecular flexibility index (Phi) is 10.9. The zero-order valence-corrected chi connectivity index (χ0v) is 24.7. The van der Waals surface area contributed by atoms with Crippen molar-refractivity contribution in [1.29, 1.82) is 0 Å². The molecule has 0 atom stereocenters. The summed E-state index contributed by atoms with van der Waals surface area (Å²) in [6, 6.07) is 19.8. The molecule has 214 valence electrons. The van der Waals surface area contributed by atoms with Crippen LogP contribution in [-0.2, 0) is 24.3 Å². The first-order chi connectivity index (χ1) is 19.5. The zero-order chi connectivity index (χ0) is 28.3. The molecule has 0 aliphatic heterocycles. The third kappa shape index (κ3) is 8.24. The molecule has 8 heteroatoms. The maximum atomic E-state index is 13.9. The second-order valence-corrected chi connectivity index (χ2v) is 11.7. The number of methoxy groups -OCH3 is 2. The molecule has 3 amide bonds. The predicted octanol–water partition coefficient (Wildman–Crippen LogP) is 6.19. The van der Waals surface area contributed by atoms with Gasteiger partial charge >= 0.3 is 6.03 Å². The van der Waals surface area contributed by atoms with Crippen LogP contribution in [0.2, 0.25) is 0 Å².